The van der Waals surface area contributed by atoms with Crippen molar-refractivity contribution in [3.63, 3.8) is 0 Å². The predicted molar refractivity (Wildman–Crippen MR) is 63.8 cm³/mol. The molecular formula is C11H17N5. The van der Waals surface area contributed by atoms with E-state index in [1.54, 1.807) is 6.20 Å². The molecular weight excluding hydrogens is 202 g/mol. The SMILES string of the molecule is CCCNc1nccn1-c1cnn(CC)c1. The lowest BCUT2D eigenvalue weighted by molar-refractivity contribution is 0.659. The molecule has 0 unspecified atom stereocenters. The topological polar surface area (TPSA) is 47.7 Å². The number of imidazole rings is 1. The standard InChI is InChI=1S/C11H17N5/c1-3-5-12-11-13-6-7-16(11)10-8-14-15(4-2)9-10/h6-9H,3-5H2,1-2H3,(H,12,13). The van der Waals surface area contributed by atoms with Crippen molar-refractivity contribution in [1.29, 1.82) is 0 Å². The summed E-state index contributed by atoms with van der Waals surface area (Å²) in [7, 11) is 0. The van der Waals surface area contributed by atoms with Gasteiger partial charge in [0.05, 0.1) is 11.9 Å². The van der Waals surface area contributed by atoms with Crippen LogP contribution in [-0.2, 0) is 6.54 Å². The third-order valence-corrected chi connectivity index (χ3v) is 2.40. The van der Waals surface area contributed by atoms with Gasteiger partial charge in [0.1, 0.15) is 0 Å². The van der Waals surface area contributed by atoms with Crippen molar-refractivity contribution in [3.05, 3.63) is 24.8 Å². The lowest BCUT2D eigenvalue weighted by Gasteiger charge is -2.06. The van der Waals surface area contributed by atoms with Gasteiger partial charge >= 0.3 is 0 Å². The summed E-state index contributed by atoms with van der Waals surface area (Å²) in [6.45, 7) is 6.02. The third kappa shape index (κ3) is 2.08. The van der Waals surface area contributed by atoms with Gasteiger partial charge in [0, 0.05) is 31.7 Å². The van der Waals surface area contributed by atoms with Crippen molar-refractivity contribution in [2.45, 2.75) is 26.8 Å². The van der Waals surface area contributed by atoms with Gasteiger partial charge in [-0.3, -0.25) is 9.25 Å². The second kappa shape index (κ2) is 4.83. The van der Waals surface area contributed by atoms with Crippen LogP contribution in [0.2, 0.25) is 0 Å². The number of anilines is 1. The molecule has 2 rings (SSSR count). The molecule has 0 aromatic carbocycles. The minimum absolute atomic E-state index is 0.873. The Kier molecular flexibility index (Phi) is 3.24. The fraction of sp³-hybridized carbons (Fsp3) is 0.455. The predicted octanol–water partition coefficient (Wildman–Crippen LogP) is 1.91. The maximum Gasteiger partial charge on any atom is 0.207 e. The molecule has 1 N–H and O–H groups in total. The molecule has 0 spiro atoms. The van der Waals surface area contributed by atoms with Crippen molar-refractivity contribution in [3.8, 4) is 5.69 Å². The maximum atomic E-state index is 4.28. The average Bonchev–Trinajstić information content (AvgIpc) is 2.94. The smallest absolute Gasteiger partial charge is 0.207 e. The van der Waals surface area contributed by atoms with Crippen LogP contribution in [0.3, 0.4) is 0 Å². The zero-order chi connectivity index (χ0) is 11.4. The molecule has 2 aromatic rings. The van der Waals surface area contributed by atoms with Gasteiger partial charge in [-0.15, -0.1) is 0 Å². The van der Waals surface area contributed by atoms with Crippen molar-refractivity contribution < 1.29 is 0 Å². The minimum Gasteiger partial charge on any atom is -0.355 e. The van der Waals surface area contributed by atoms with Gasteiger partial charge in [-0.05, 0) is 13.3 Å². The number of nitrogens with one attached hydrogen (secondary N) is 1. The number of aryl methyl sites for hydroxylation is 1. The summed E-state index contributed by atoms with van der Waals surface area (Å²) >= 11 is 0. The van der Waals surface area contributed by atoms with Crippen LogP contribution in [0, 0.1) is 0 Å². The van der Waals surface area contributed by atoms with Gasteiger partial charge in [0.25, 0.3) is 0 Å². The molecule has 0 saturated carbocycles. The Bertz CT molecular complexity index is 443. The van der Waals surface area contributed by atoms with Crippen molar-refractivity contribution in [2.24, 2.45) is 0 Å². The zero-order valence-electron chi connectivity index (χ0n) is 9.72. The van der Waals surface area contributed by atoms with Gasteiger partial charge < -0.3 is 5.32 Å². The van der Waals surface area contributed by atoms with Crippen LogP contribution in [0.5, 0.6) is 0 Å². The van der Waals surface area contributed by atoms with Crippen LogP contribution in [0.4, 0.5) is 5.95 Å². The Morgan fingerprint density at radius 3 is 2.94 bits per heavy atom. The van der Waals surface area contributed by atoms with E-state index in [1.165, 1.54) is 0 Å². The molecule has 0 aliphatic rings. The molecule has 5 heteroatoms. The molecule has 2 aromatic heterocycles. The van der Waals surface area contributed by atoms with E-state index in [0.717, 1.165) is 31.1 Å². The molecule has 0 fully saturated rings. The molecule has 0 saturated heterocycles. The van der Waals surface area contributed by atoms with Crippen molar-refractivity contribution in [2.75, 3.05) is 11.9 Å². The first-order valence-electron chi connectivity index (χ1n) is 5.65. The fourth-order valence-electron chi connectivity index (χ4n) is 1.53. The number of nitrogens with zero attached hydrogens (tertiary/aromatic N) is 4. The first-order chi connectivity index (χ1) is 7.85. The Morgan fingerprint density at radius 2 is 2.25 bits per heavy atom. The number of aromatic nitrogens is 4. The van der Waals surface area contributed by atoms with Gasteiger partial charge in [-0.1, -0.05) is 6.92 Å². The number of rotatable bonds is 5. The van der Waals surface area contributed by atoms with E-state index in [4.69, 9.17) is 0 Å². The number of hydrogen-bond donors (Lipinski definition) is 1. The summed E-state index contributed by atoms with van der Waals surface area (Å²) in [4.78, 5) is 4.28. The van der Waals surface area contributed by atoms with E-state index in [-0.39, 0.29) is 0 Å². The summed E-state index contributed by atoms with van der Waals surface area (Å²) in [6, 6.07) is 0. The third-order valence-electron chi connectivity index (χ3n) is 2.40. The number of hydrogen-bond acceptors (Lipinski definition) is 3. The highest BCUT2D eigenvalue weighted by atomic mass is 15.3. The lowest BCUT2D eigenvalue weighted by Crippen LogP contribution is -2.06. The Labute approximate surface area is 95.1 Å². The average molecular weight is 219 g/mol. The van der Waals surface area contributed by atoms with E-state index in [2.05, 4.69) is 29.2 Å². The summed E-state index contributed by atoms with van der Waals surface area (Å²) in [5.74, 6) is 0.873. The van der Waals surface area contributed by atoms with Gasteiger partial charge in [0.2, 0.25) is 5.95 Å². The van der Waals surface area contributed by atoms with Crippen LogP contribution in [0.25, 0.3) is 5.69 Å². The summed E-state index contributed by atoms with van der Waals surface area (Å²) in [6.07, 6.45) is 8.68. The quantitative estimate of drug-likeness (QED) is 0.835. The Balaban J connectivity index is 2.22. The van der Waals surface area contributed by atoms with E-state index in [0.29, 0.717) is 0 Å². The summed E-state index contributed by atoms with van der Waals surface area (Å²) < 4.78 is 3.91. The molecule has 0 radical (unpaired) electrons. The van der Waals surface area contributed by atoms with Gasteiger partial charge in [-0.25, -0.2) is 4.98 Å². The molecule has 0 aliphatic heterocycles. The normalized spacial score (nSPS) is 10.6. The molecule has 0 atom stereocenters. The first-order valence-corrected chi connectivity index (χ1v) is 5.65. The van der Waals surface area contributed by atoms with Gasteiger partial charge in [0.15, 0.2) is 0 Å². The highest BCUT2D eigenvalue weighted by Crippen LogP contribution is 2.13. The first kappa shape index (κ1) is 10.7. The van der Waals surface area contributed by atoms with Crippen molar-refractivity contribution >= 4 is 5.95 Å². The monoisotopic (exact) mass is 219 g/mol. The highest BCUT2D eigenvalue weighted by Gasteiger charge is 2.05. The zero-order valence-corrected chi connectivity index (χ0v) is 9.72. The van der Waals surface area contributed by atoms with E-state index in [1.807, 2.05) is 27.8 Å². The minimum atomic E-state index is 0.873. The second-order valence-electron chi connectivity index (χ2n) is 3.60. The maximum absolute atomic E-state index is 4.28. The lowest BCUT2D eigenvalue weighted by atomic mass is 10.5. The van der Waals surface area contributed by atoms with E-state index in [9.17, 15) is 0 Å². The van der Waals surface area contributed by atoms with Crippen LogP contribution < -0.4 is 5.32 Å². The molecule has 0 amide bonds. The molecule has 16 heavy (non-hydrogen) atoms. The van der Waals surface area contributed by atoms with Crippen molar-refractivity contribution in [1.82, 2.24) is 19.3 Å². The summed E-state index contributed by atoms with van der Waals surface area (Å²) in [5, 5.41) is 7.54. The highest BCUT2D eigenvalue weighted by molar-refractivity contribution is 5.39. The summed E-state index contributed by atoms with van der Waals surface area (Å²) in [5.41, 5.74) is 1.04. The largest absolute Gasteiger partial charge is 0.355 e. The molecule has 86 valence electrons. The Morgan fingerprint density at radius 1 is 1.38 bits per heavy atom. The fourth-order valence-corrected chi connectivity index (χ4v) is 1.53. The Hall–Kier alpha value is -1.78. The molecule has 0 aliphatic carbocycles. The second-order valence-corrected chi connectivity index (χ2v) is 3.60. The van der Waals surface area contributed by atoms with Crippen LogP contribution in [0.1, 0.15) is 20.3 Å². The van der Waals surface area contributed by atoms with E-state index < -0.39 is 0 Å². The molecule has 2 heterocycles. The molecule has 0 bridgehead atoms. The molecule has 5 nitrogen and oxygen atoms in total. The van der Waals surface area contributed by atoms with Crippen LogP contribution >= 0.6 is 0 Å². The van der Waals surface area contributed by atoms with Crippen LogP contribution in [-0.4, -0.2) is 25.9 Å². The van der Waals surface area contributed by atoms with E-state index >= 15 is 0 Å². The van der Waals surface area contributed by atoms with Gasteiger partial charge in [-0.2, -0.15) is 5.10 Å². The van der Waals surface area contributed by atoms with Crippen LogP contribution in [0.15, 0.2) is 24.8 Å².